The van der Waals surface area contributed by atoms with E-state index in [9.17, 15) is 9.90 Å². The Balaban J connectivity index is 1.59. The second-order valence-corrected chi connectivity index (χ2v) is 6.95. The molecular formula is C25H22N2O4. The van der Waals surface area contributed by atoms with Gasteiger partial charge in [-0.25, -0.2) is 9.48 Å². The van der Waals surface area contributed by atoms with Crippen molar-refractivity contribution < 1.29 is 19.4 Å². The number of hydrogen-bond donors (Lipinski definition) is 1. The number of carboxylic acids is 1. The molecule has 1 N–H and O–H groups in total. The number of aryl methyl sites for hydroxylation is 1. The summed E-state index contributed by atoms with van der Waals surface area (Å²) in [5.41, 5.74) is 3.33. The molecule has 3 aromatic carbocycles. The normalized spacial score (nSPS) is 10.6. The van der Waals surface area contributed by atoms with Crippen molar-refractivity contribution in [1.29, 1.82) is 0 Å². The highest BCUT2D eigenvalue weighted by Crippen LogP contribution is 2.27. The maximum absolute atomic E-state index is 11.8. The summed E-state index contributed by atoms with van der Waals surface area (Å²) in [7, 11) is 1.58. The molecule has 0 amide bonds. The van der Waals surface area contributed by atoms with Gasteiger partial charge in [0.25, 0.3) is 0 Å². The van der Waals surface area contributed by atoms with E-state index in [0.717, 1.165) is 17.7 Å². The number of hydrogen-bond acceptors (Lipinski definition) is 4. The van der Waals surface area contributed by atoms with Crippen LogP contribution in [0.5, 0.6) is 17.2 Å². The fourth-order valence-electron chi connectivity index (χ4n) is 3.22. The van der Waals surface area contributed by atoms with E-state index in [1.54, 1.807) is 37.4 Å². The van der Waals surface area contributed by atoms with Crippen LogP contribution in [0.15, 0.2) is 78.9 Å². The molecule has 0 atom stereocenters. The Morgan fingerprint density at radius 2 is 1.48 bits per heavy atom. The number of benzene rings is 3. The zero-order valence-electron chi connectivity index (χ0n) is 17.3. The molecule has 0 fully saturated rings. The highest BCUT2D eigenvalue weighted by Gasteiger charge is 2.17. The summed E-state index contributed by atoms with van der Waals surface area (Å²) < 4.78 is 12.5. The second kappa shape index (κ2) is 8.75. The highest BCUT2D eigenvalue weighted by atomic mass is 16.5. The molecule has 156 valence electrons. The van der Waals surface area contributed by atoms with Gasteiger partial charge in [0.1, 0.15) is 17.2 Å². The summed E-state index contributed by atoms with van der Waals surface area (Å²) in [4.78, 5) is 11.8. The average Bonchev–Trinajstić information content (AvgIpc) is 3.26. The van der Waals surface area contributed by atoms with Gasteiger partial charge in [-0.15, -0.1) is 0 Å². The zero-order valence-corrected chi connectivity index (χ0v) is 17.3. The van der Waals surface area contributed by atoms with E-state index in [4.69, 9.17) is 9.47 Å². The Labute approximate surface area is 180 Å². The lowest BCUT2D eigenvalue weighted by atomic mass is 10.1. The predicted octanol–water partition coefficient (Wildman–Crippen LogP) is 5.60. The van der Waals surface area contributed by atoms with Gasteiger partial charge in [0.2, 0.25) is 0 Å². The first-order valence-electron chi connectivity index (χ1n) is 9.92. The van der Waals surface area contributed by atoms with Crippen LogP contribution >= 0.6 is 0 Å². The fraction of sp³-hybridized carbons (Fsp3) is 0.120. The van der Waals surface area contributed by atoms with Crippen molar-refractivity contribution in [2.45, 2.75) is 13.3 Å². The van der Waals surface area contributed by atoms with Gasteiger partial charge in [-0.3, -0.25) is 0 Å². The third-order valence-electron chi connectivity index (χ3n) is 4.96. The molecule has 0 saturated heterocycles. The van der Waals surface area contributed by atoms with Crippen LogP contribution in [0.2, 0.25) is 0 Å². The van der Waals surface area contributed by atoms with E-state index in [0.29, 0.717) is 22.9 Å². The topological polar surface area (TPSA) is 73.6 Å². The maximum Gasteiger partial charge on any atom is 0.354 e. The molecule has 1 aromatic heterocycles. The number of aromatic nitrogens is 2. The lowest BCUT2D eigenvalue weighted by molar-refractivity contribution is 0.0687. The molecule has 0 aliphatic carbocycles. The number of aromatic carboxylic acids is 1. The minimum absolute atomic E-state index is 0.0801. The lowest BCUT2D eigenvalue weighted by Crippen LogP contribution is -2.07. The Morgan fingerprint density at radius 1 is 0.903 bits per heavy atom. The summed E-state index contributed by atoms with van der Waals surface area (Å²) >= 11 is 0. The molecule has 6 heteroatoms. The van der Waals surface area contributed by atoms with Gasteiger partial charge in [0.05, 0.1) is 18.5 Å². The Kier molecular flexibility index (Phi) is 5.71. The van der Waals surface area contributed by atoms with Crippen molar-refractivity contribution in [2.24, 2.45) is 0 Å². The first kappa shape index (κ1) is 20.2. The Bertz CT molecular complexity index is 1180. The third-order valence-corrected chi connectivity index (χ3v) is 4.96. The summed E-state index contributed by atoms with van der Waals surface area (Å²) in [6, 6.07) is 24.0. The number of ether oxygens (including phenoxy) is 2. The smallest absolute Gasteiger partial charge is 0.354 e. The van der Waals surface area contributed by atoms with Crippen molar-refractivity contribution >= 4 is 5.97 Å². The second-order valence-electron chi connectivity index (χ2n) is 6.95. The number of nitrogens with zero attached hydrogens (tertiary/aromatic N) is 2. The van der Waals surface area contributed by atoms with Crippen LogP contribution in [0.3, 0.4) is 0 Å². The van der Waals surface area contributed by atoms with E-state index >= 15 is 0 Å². The molecule has 1 heterocycles. The van der Waals surface area contributed by atoms with Crippen LogP contribution in [-0.4, -0.2) is 28.0 Å². The van der Waals surface area contributed by atoms with Gasteiger partial charge in [0, 0.05) is 5.56 Å². The summed E-state index contributed by atoms with van der Waals surface area (Å²) in [6.45, 7) is 2.11. The molecule has 31 heavy (non-hydrogen) atoms. The largest absolute Gasteiger partial charge is 0.497 e. The molecule has 4 rings (SSSR count). The van der Waals surface area contributed by atoms with E-state index in [1.807, 2.05) is 48.5 Å². The van der Waals surface area contributed by atoms with Crippen molar-refractivity contribution in [3.8, 4) is 34.2 Å². The Morgan fingerprint density at radius 3 is 2.03 bits per heavy atom. The van der Waals surface area contributed by atoms with Gasteiger partial charge in [-0.2, -0.15) is 5.10 Å². The van der Waals surface area contributed by atoms with Gasteiger partial charge in [-0.05, 0) is 78.7 Å². The van der Waals surface area contributed by atoms with E-state index < -0.39 is 5.97 Å². The fourth-order valence-corrected chi connectivity index (χ4v) is 3.22. The van der Waals surface area contributed by atoms with Crippen LogP contribution < -0.4 is 9.47 Å². The molecule has 0 aliphatic heterocycles. The van der Waals surface area contributed by atoms with Crippen LogP contribution in [0.1, 0.15) is 23.0 Å². The first-order valence-corrected chi connectivity index (χ1v) is 9.92. The van der Waals surface area contributed by atoms with Gasteiger partial charge in [-0.1, -0.05) is 19.1 Å². The van der Waals surface area contributed by atoms with Gasteiger partial charge < -0.3 is 14.6 Å². The number of carboxylic acid groups (broad SMARTS) is 1. The van der Waals surface area contributed by atoms with E-state index in [-0.39, 0.29) is 5.69 Å². The number of carbonyl (C=O) groups is 1. The minimum atomic E-state index is -1.05. The molecule has 0 bridgehead atoms. The SMILES string of the molecule is CCc1ccc(Oc2ccc(-c3cc(C(=O)O)n(-c4ccc(OC)cc4)n3)cc2)cc1. The summed E-state index contributed by atoms with van der Waals surface area (Å²) in [5, 5.41) is 14.1. The summed E-state index contributed by atoms with van der Waals surface area (Å²) in [6.07, 6.45) is 0.983. The molecule has 0 saturated carbocycles. The molecular weight excluding hydrogens is 392 g/mol. The number of methoxy groups -OCH3 is 1. The van der Waals surface area contributed by atoms with Crippen molar-refractivity contribution in [2.75, 3.05) is 7.11 Å². The third kappa shape index (κ3) is 4.43. The van der Waals surface area contributed by atoms with Crippen LogP contribution in [0.4, 0.5) is 0 Å². The van der Waals surface area contributed by atoms with Crippen LogP contribution in [0.25, 0.3) is 16.9 Å². The zero-order chi connectivity index (χ0) is 21.8. The average molecular weight is 414 g/mol. The summed E-state index contributed by atoms with van der Waals surface area (Å²) in [5.74, 6) is 1.10. The van der Waals surface area contributed by atoms with E-state index in [1.165, 1.54) is 10.2 Å². The molecule has 6 nitrogen and oxygen atoms in total. The monoisotopic (exact) mass is 414 g/mol. The molecule has 4 aromatic rings. The van der Waals surface area contributed by atoms with Gasteiger partial charge in [0.15, 0.2) is 5.69 Å². The first-order chi connectivity index (χ1) is 15.1. The highest BCUT2D eigenvalue weighted by molar-refractivity contribution is 5.88. The number of rotatable bonds is 7. The Hall–Kier alpha value is -4.06. The standard InChI is InChI=1S/C25H22N2O4/c1-3-17-4-10-21(11-5-17)31-22-12-6-18(7-13-22)23-16-24(25(28)29)27(26-23)19-8-14-20(30-2)15-9-19/h4-16H,3H2,1-2H3,(H,28,29). The predicted molar refractivity (Wildman–Crippen MR) is 118 cm³/mol. The van der Waals surface area contributed by atoms with Crippen molar-refractivity contribution in [1.82, 2.24) is 9.78 Å². The lowest BCUT2D eigenvalue weighted by Gasteiger charge is -2.07. The molecule has 0 spiro atoms. The van der Waals surface area contributed by atoms with Crippen molar-refractivity contribution in [3.05, 3.63) is 90.1 Å². The molecule has 0 radical (unpaired) electrons. The molecule has 0 aliphatic rings. The van der Waals surface area contributed by atoms with E-state index in [2.05, 4.69) is 12.0 Å². The van der Waals surface area contributed by atoms with Gasteiger partial charge >= 0.3 is 5.97 Å². The van der Waals surface area contributed by atoms with Crippen LogP contribution in [-0.2, 0) is 6.42 Å². The van der Waals surface area contributed by atoms with Crippen molar-refractivity contribution in [3.63, 3.8) is 0 Å². The maximum atomic E-state index is 11.8. The molecule has 0 unspecified atom stereocenters. The van der Waals surface area contributed by atoms with Crippen LogP contribution in [0, 0.1) is 0 Å². The minimum Gasteiger partial charge on any atom is -0.497 e. The quantitative estimate of drug-likeness (QED) is 0.426.